The molecule has 0 spiro atoms. The predicted octanol–water partition coefficient (Wildman–Crippen LogP) is 5.92. The monoisotopic (exact) mass is 611 g/mol. The number of para-hydroxylation sites is 1. The second kappa shape index (κ2) is 14.8. The minimum atomic E-state index is -4.13. The molecule has 1 N–H and O–H groups in total. The lowest BCUT2D eigenvalue weighted by atomic mass is 10.0. The van der Waals surface area contributed by atoms with Gasteiger partial charge in [-0.3, -0.25) is 13.9 Å². The fourth-order valence-electron chi connectivity index (χ4n) is 5.11. The van der Waals surface area contributed by atoms with Crippen LogP contribution in [0.3, 0.4) is 0 Å². The van der Waals surface area contributed by atoms with Crippen molar-refractivity contribution in [3.63, 3.8) is 0 Å². The average molecular weight is 612 g/mol. The first-order chi connectivity index (χ1) is 21.1. The van der Waals surface area contributed by atoms with Gasteiger partial charge in [0, 0.05) is 19.0 Å². The van der Waals surface area contributed by atoms with Crippen LogP contribution < -0.4 is 9.62 Å². The van der Waals surface area contributed by atoms with Gasteiger partial charge in [-0.05, 0) is 62.1 Å². The van der Waals surface area contributed by atoms with E-state index in [2.05, 4.69) is 5.32 Å². The summed E-state index contributed by atoms with van der Waals surface area (Å²) in [6, 6.07) is 31.6. The minimum Gasteiger partial charge on any atom is -0.352 e. The standard InChI is InChI=1S/C36H41N3O4S/c1-5-31-16-12-13-19-33(31)39(44(42,43)32-17-10-7-11-18-32)26-35(40)38(25-30-22-20-28(4)21-23-30)34(36(41)37-27(2)3)24-29-14-8-6-9-15-29/h6-23,27,34H,5,24-26H2,1-4H3,(H,37,41)/t34-/m1/s1. The maximum Gasteiger partial charge on any atom is 0.264 e. The Morgan fingerprint density at radius 3 is 1.98 bits per heavy atom. The van der Waals surface area contributed by atoms with E-state index in [4.69, 9.17) is 0 Å². The van der Waals surface area contributed by atoms with Crippen molar-refractivity contribution < 1.29 is 18.0 Å². The maximum atomic E-state index is 14.5. The number of nitrogens with one attached hydrogen (secondary N) is 1. The molecule has 4 rings (SSSR count). The Labute approximate surface area is 261 Å². The van der Waals surface area contributed by atoms with E-state index >= 15 is 0 Å². The quantitative estimate of drug-likeness (QED) is 0.204. The van der Waals surface area contributed by atoms with Gasteiger partial charge in [-0.25, -0.2) is 8.42 Å². The highest BCUT2D eigenvalue weighted by atomic mass is 32.2. The van der Waals surface area contributed by atoms with Crippen LogP contribution in [0.2, 0.25) is 0 Å². The number of carbonyl (C=O) groups excluding carboxylic acids is 2. The molecule has 0 aliphatic rings. The first-order valence-electron chi connectivity index (χ1n) is 14.9. The van der Waals surface area contributed by atoms with Gasteiger partial charge in [0.05, 0.1) is 10.6 Å². The van der Waals surface area contributed by atoms with Crippen LogP contribution in [0.15, 0.2) is 114 Å². The van der Waals surface area contributed by atoms with E-state index in [1.807, 2.05) is 94.4 Å². The first-order valence-corrected chi connectivity index (χ1v) is 16.4. The second-order valence-electron chi connectivity index (χ2n) is 11.2. The summed E-state index contributed by atoms with van der Waals surface area (Å²) in [5.41, 5.74) is 4.03. The zero-order valence-corrected chi connectivity index (χ0v) is 26.6. The zero-order chi connectivity index (χ0) is 31.7. The summed E-state index contributed by atoms with van der Waals surface area (Å²) in [7, 11) is -4.13. The number of amides is 2. The third-order valence-electron chi connectivity index (χ3n) is 7.43. The topological polar surface area (TPSA) is 86.8 Å². The highest BCUT2D eigenvalue weighted by molar-refractivity contribution is 7.92. The van der Waals surface area contributed by atoms with Crippen molar-refractivity contribution >= 4 is 27.5 Å². The average Bonchev–Trinajstić information content (AvgIpc) is 3.02. The van der Waals surface area contributed by atoms with Gasteiger partial charge in [-0.15, -0.1) is 0 Å². The van der Waals surface area contributed by atoms with Crippen LogP contribution in [0.5, 0.6) is 0 Å². The molecule has 0 saturated carbocycles. The molecule has 0 aromatic heterocycles. The Bertz CT molecular complexity index is 1640. The lowest BCUT2D eigenvalue weighted by Gasteiger charge is -2.34. The summed E-state index contributed by atoms with van der Waals surface area (Å²) >= 11 is 0. The Balaban J connectivity index is 1.82. The van der Waals surface area contributed by atoms with Gasteiger partial charge in [0.15, 0.2) is 0 Å². The van der Waals surface area contributed by atoms with E-state index in [0.29, 0.717) is 12.1 Å². The van der Waals surface area contributed by atoms with Crippen LogP contribution in [0, 0.1) is 6.92 Å². The molecule has 0 unspecified atom stereocenters. The van der Waals surface area contributed by atoms with Crippen LogP contribution >= 0.6 is 0 Å². The Kier molecular flexibility index (Phi) is 11.0. The molecule has 7 nitrogen and oxygen atoms in total. The van der Waals surface area contributed by atoms with Crippen molar-refractivity contribution in [3.05, 3.63) is 131 Å². The van der Waals surface area contributed by atoms with E-state index in [1.54, 1.807) is 30.3 Å². The molecule has 0 heterocycles. The van der Waals surface area contributed by atoms with Crippen molar-refractivity contribution in [2.45, 2.75) is 64.1 Å². The summed E-state index contributed by atoms with van der Waals surface area (Å²) in [6.07, 6.45) is 0.847. The van der Waals surface area contributed by atoms with Crippen molar-refractivity contribution in [1.29, 1.82) is 0 Å². The van der Waals surface area contributed by atoms with Crippen LogP contribution in [0.25, 0.3) is 0 Å². The summed E-state index contributed by atoms with van der Waals surface area (Å²) in [6.45, 7) is 7.35. The van der Waals surface area contributed by atoms with Crippen molar-refractivity contribution in [2.75, 3.05) is 10.8 Å². The minimum absolute atomic E-state index is 0.0853. The summed E-state index contributed by atoms with van der Waals surface area (Å²) in [4.78, 5) is 29.9. The van der Waals surface area contributed by atoms with Gasteiger partial charge >= 0.3 is 0 Å². The lowest BCUT2D eigenvalue weighted by molar-refractivity contribution is -0.140. The van der Waals surface area contributed by atoms with Crippen LogP contribution in [-0.4, -0.2) is 43.8 Å². The van der Waals surface area contributed by atoms with E-state index < -0.39 is 28.5 Å². The molecule has 0 aliphatic carbocycles. The third-order valence-corrected chi connectivity index (χ3v) is 9.20. The van der Waals surface area contributed by atoms with E-state index in [1.165, 1.54) is 21.3 Å². The predicted molar refractivity (Wildman–Crippen MR) is 176 cm³/mol. The van der Waals surface area contributed by atoms with Gasteiger partial charge in [0.1, 0.15) is 12.6 Å². The van der Waals surface area contributed by atoms with Gasteiger partial charge in [-0.1, -0.05) is 103 Å². The maximum absolute atomic E-state index is 14.5. The number of anilines is 1. The second-order valence-corrected chi connectivity index (χ2v) is 13.0. The highest BCUT2D eigenvalue weighted by Crippen LogP contribution is 2.28. The van der Waals surface area contributed by atoms with Gasteiger partial charge in [0.25, 0.3) is 10.0 Å². The number of aryl methyl sites for hydroxylation is 2. The fraction of sp³-hybridized carbons (Fsp3) is 0.278. The molecular formula is C36H41N3O4S. The molecule has 0 radical (unpaired) electrons. The molecule has 2 amide bonds. The smallest absolute Gasteiger partial charge is 0.264 e. The zero-order valence-electron chi connectivity index (χ0n) is 25.8. The molecule has 0 bridgehead atoms. The number of carbonyl (C=O) groups is 2. The SMILES string of the molecule is CCc1ccccc1N(CC(=O)N(Cc1ccc(C)cc1)[C@H](Cc1ccccc1)C(=O)NC(C)C)S(=O)(=O)c1ccccc1. The number of hydrogen-bond donors (Lipinski definition) is 1. The van der Waals surface area contributed by atoms with Gasteiger partial charge < -0.3 is 10.2 Å². The van der Waals surface area contributed by atoms with Crippen molar-refractivity contribution in [3.8, 4) is 0 Å². The van der Waals surface area contributed by atoms with E-state index in [-0.39, 0.29) is 29.8 Å². The lowest BCUT2D eigenvalue weighted by Crippen LogP contribution is -2.54. The van der Waals surface area contributed by atoms with Crippen LogP contribution in [0.4, 0.5) is 5.69 Å². The van der Waals surface area contributed by atoms with E-state index in [0.717, 1.165) is 22.3 Å². The van der Waals surface area contributed by atoms with E-state index in [9.17, 15) is 18.0 Å². The van der Waals surface area contributed by atoms with Crippen molar-refractivity contribution in [1.82, 2.24) is 10.2 Å². The number of benzene rings is 4. The summed E-state index contributed by atoms with van der Waals surface area (Å²) in [5.74, 6) is -0.772. The molecule has 4 aromatic carbocycles. The molecule has 0 fully saturated rings. The third kappa shape index (κ3) is 8.14. The number of sulfonamides is 1. The van der Waals surface area contributed by atoms with Crippen molar-refractivity contribution in [2.24, 2.45) is 0 Å². The Morgan fingerprint density at radius 2 is 1.36 bits per heavy atom. The Hall–Kier alpha value is -4.43. The normalized spacial score (nSPS) is 12.0. The number of hydrogen-bond acceptors (Lipinski definition) is 4. The molecule has 0 aliphatic heterocycles. The molecule has 230 valence electrons. The molecular weight excluding hydrogens is 570 g/mol. The van der Waals surface area contributed by atoms with Crippen LogP contribution in [0.1, 0.15) is 43.0 Å². The highest BCUT2D eigenvalue weighted by Gasteiger charge is 2.35. The number of rotatable bonds is 13. The largest absolute Gasteiger partial charge is 0.352 e. The summed E-state index contributed by atoms with van der Waals surface area (Å²) < 4.78 is 29.5. The molecule has 0 saturated heterocycles. The molecule has 8 heteroatoms. The molecule has 4 aromatic rings. The van der Waals surface area contributed by atoms with Crippen LogP contribution in [-0.2, 0) is 39.0 Å². The summed E-state index contributed by atoms with van der Waals surface area (Å²) in [5, 5.41) is 2.99. The van der Waals surface area contributed by atoms with Gasteiger partial charge in [0.2, 0.25) is 11.8 Å². The fourth-order valence-corrected chi connectivity index (χ4v) is 6.58. The van der Waals surface area contributed by atoms with Gasteiger partial charge in [-0.2, -0.15) is 0 Å². The Morgan fingerprint density at radius 1 is 0.773 bits per heavy atom. The first kappa shape index (κ1) is 32.5. The molecule has 1 atom stereocenters. The molecule has 44 heavy (non-hydrogen) atoms. The number of nitrogens with zero attached hydrogens (tertiary/aromatic N) is 2.